The summed E-state index contributed by atoms with van der Waals surface area (Å²) >= 11 is 12.6. The fraction of sp³-hybridized carbons (Fsp3) is 0.263. The Morgan fingerprint density at radius 1 is 1.26 bits per heavy atom. The highest BCUT2D eigenvalue weighted by molar-refractivity contribution is 6.42. The largest absolute Gasteiger partial charge is 0.508 e. The Kier molecular flexibility index (Phi) is 7.76. The average Bonchev–Trinajstić information content (AvgIpc) is 3.11. The number of rotatable bonds is 4. The van der Waals surface area contributed by atoms with Crippen LogP contribution in [-0.2, 0) is 11.2 Å². The molecule has 144 valence electrons. The molecular weight excluding hydrogens is 389 g/mol. The number of carboxylic acid groups (broad SMARTS) is 1. The van der Waals surface area contributed by atoms with E-state index in [9.17, 15) is 5.11 Å². The molecule has 4 N–H and O–H groups in total. The maximum Gasteiger partial charge on any atom is 0.300 e. The Morgan fingerprint density at radius 2 is 1.93 bits per heavy atom. The molecule has 1 aliphatic heterocycles. The van der Waals surface area contributed by atoms with Crippen LogP contribution in [0.5, 0.6) is 5.75 Å². The molecule has 0 bridgehead atoms. The first-order chi connectivity index (χ1) is 12.9. The number of hydrogen-bond donors (Lipinski definition) is 4. The third kappa shape index (κ3) is 6.66. The topological polar surface area (TPSA) is 94.0 Å². The van der Waals surface area contributed by atoms with Gasteiger partial charge in [0, 0.05) is 13.5 Å². The van der Waals surface area contributed by atoms with E-state index in [-0.39, 0.29) is 11.8 Å². The summed E-state index contributed by atoms with van der Waals surface area (Å²) in [6, 6.07) is 12.7. The lowest BCUT2D eigenvalue weighted by Crippen LogP contribution is -2.37. The second kappa shape index (κ2) is 10.0. The fourth-order valence-corrected chi connectivity index (χ4v) is 3.00. The van der Waals surface area contributed by atoms with Gasteiger partial charge >= 0.3 is 0 Å². The van der Waals surface area contributed by atoms with Gasteiger partial charge in [0.2, 0.25) is 0 Å². The molecule has 0 spiro atoms. The first-order valence-corrected chi connectivity index (χ1v) is 9.08. The number of carboxylic acids is 1. The van der Waals surface area contributed by atoms with E-state index < -0.39 is 5.97 Å². The number of aromatic hydroxyl groups is 1. The molecule has 6 nitrogen and oxygen atoms in total. The molecule has 0 saturated carbocycles. The molecule has 27 heavy (non-hydrogen) atoms. The summed E-state index contributed by atoms with van der Waals surface area (Å²) in [5, 5.41) is 24.5. The van der Waals surface area contributed by atoms with Gasteiger partial charge in [-0.25, -0.2) is 0 Å². The summed E-state index contributed by atoms with van der Waals surface area (Å²) < 4.78 is 0. The number of phenolic OH excluding ortho intramolecular Hbond substituents is 1. The van der Waals surface area contributed by atoms with Crippen LogP contribution in [0.1, 0.15) is 24.1 Å². The number of nitrogens with zero attached hydrogens (tertiary/aromatic N) is 1. The third-order valence-corrected chi connectivity index (χ3v) is 4.55. The van der Waals surface area contributed by atoms with E-state index in [1.165, 1.54) is 0 Å². The standard InChI is InChI=1S/C17H17Cl2N3O.C2H4O2/c18-14-3-1-2-13(16(14)19)15(22-17-20-8-9-21-17)10-11-4-6-12(23)7-5-11;1-2(3)4/h1-7,15,23H,8-10H2,(H2,20,21,22);1H3,(H,3,4). The van der Waals surface area contributed by atoms with Crippen molar-refractivity contribution >= 4 is 35.1 Å². The lowest BCUT2D eigenvalue weighted by Gasteiger charge is -2.22. The monoisotopic (exact) mass is 409 g/mol. The number of phenols is 1. The number of hydrogen-bond acceptors (Lipinski definition) is 5. The van der Waals surface area contributed by atoms with Gasteiger partial charge in [-0.15, -0.1) is 0 Å². The molecule has 2 aromatic carbocycles. The van der Waals surface area contributed by atoms with Crippen LogP contribution in [0.25, 0.3) is 0 Å². The Hall–Kier alpha value is -2.44. The van der Waals surface area contributed by atoms with Gasteiger partial charge in [0.05, 0.1) is 22.6 Å². The molecular formula is C19H21Cl2N3O3. The summed E-state index contributed by atoms with van der Waals surface area (Å²) in [6.07, 6.45) is 0.695. The Morgan fingerprint density at radius 3 is 2.52 bits per heavy atom. The van der Waals surface area contributed by atoms with Crippen molar-refractivity contribution in [3.63, 3.8) is 0 Å². The average molecular weight is 410 g/mol. The maximum absolute atomic E-state index is 9.43. The highest BCUT2D eigenvalue weighted by Gasteiger charge is 2.19. The van der Waals surface area contributed by atoms with Crippen molar-refractivity contribution < 1.29 is 15.0 Å². The molecule has 0 fully saturated rings. The molecule has 1 unspecified atom stereocenters. The van der Waals surface area contributed by atoms with E-state index in [0.717, 1.165) is 37.1 Å². The van der Waals surface area contributed by atoms with Gasteiger partial charge in [-0.3, -0.25) is 9.79 Å². The van der Waals surface area contributed by atoms with Crippen LogP contribution in [0.15, 0.2) is 47.5 Å². The fourth-order valence-electron chi connectivity index (χ4n) is 2.56. The van der Waals surface area contributed by atoms with Gasteiger partial charge in [-0.2, -0.15) is 0 Å². The highest BCUT2D eigenvalue weighted by atomic mass is 35.5. The molecule has 1 atom stereocenters. The van der Waals surface area contributed by atoms with Crippen molar-refractivity contribution in [2.24, 2.45) is 4.99 Å². The molecule has 0 aliphatic carbocycles. The Labute approximate surface area is 167 Å². The zero-order valence-corrected chi connectivity index (χ0v) is 16.3. The lowest BCUT2D eigenvalue weighted by atomic mass is 9.98. The molecule has 0 amide bonds. The van der Waals surface area contributed by atoms with E-state index in [1.54, 1.807) is 18.2 Å². The number of halogens is 2. The van der Waals surface area contributed by atoms with Gasteiger partial charge in [0.1, 0.15) is 5.75 Å². The molecule has 0 radical (unpaired) electrons. The van der Waals surface area contributed by atoms with Crippen molar-refractivity contribution in [1.82, 2.24) is 10.6 Å². The quantitative estimate of drug-likeness (QED) is 0.618. The van der Waals surface area contributed by atoms with E-state index in [4.69, 9.17) is 33.1 Å². The van der Waals surface area contributed by atoms with Crippen molar-refractivity contribution in [2.45, 2.75) is 19.4 Å². The number of benzene rings is 2. The van der Waals surface area contributed by atoms with Gasteiger partial charge in [-0.05, 0) is 35.7 Å². The first-order valence-electron chi connectivity index (χ1n) is 8.33. The molecule has 0 saturated heterocycles. The van der Waals surface area contributed by atoms with E-state index >= 15 is 0 Å². The second-order valence-electron chi connectivity index (χ2n) is 5.89. The number of carbonyl (C=O) groups is 1. The SMILES string of the molecule is CC(=O)O.Oc1ccc(CC(NC2=NCCN2)c2cccc(Cl)c2Cl)cc1. The maximum atomic E-state index is 9.43. The van der Waals surface area contributed by atoms with Gasteiger partial charge < -0.3 is 20.8 Å². The molecule has 8 heteroatoms. The van der Waals surface area contributed by atoms with Crippen LogP contribution in [0.4, 0.5) is 0 Å². The molecule has 3 rings (SSSR count). The van der Waals surface area contributed by atoms with Crippen LogP contribution in [-0.4, -0.2) is 35.2 Å². The van der Waals surface area contributed by atoms with Crippen LogP contribution in [0, 0.1) is 0 Å². The van der Waals surface area contributed by atoms with Crippen LogP contribution >= 0.6 is 23.2 Å². The van der Waals surface area contributed by atoms with E-state index in [0.29, 0.717) is 16.5 Å². The van der Waals surface area contributed by atoms with Crippen LogP contribution in [0.2, 0.25) is 10.0 Å². The minimum Gasteiger partial charge on any atom is -0.508 e. The zero-order valence-electron chi connectivity index (χ0n) is 14.7. The summed E-state index contributed by atoms with van der Waals surface area (Å²) in [5.74, 6) is 0.186. The van der Waals surface area contributed by atoms with Crippen LogP contribution in [0.3, 0.4) is 0 Å². The van der Waals surface area contributed by atoms with Gasteiger partial charge in [-0.1, -0.05) is 47.5 Å². The summed E-state index contributed by atoms with van der Waals surface area (Å²) in [6.45, 7) is 2.68. The summed E-state index contributed by atoms with van der Waals surface area (Å²) in [5.41, 5.74) is 2.00. The summed E-state index contributed by atoms with van der Waals surface area (Å²) in [7, 11) is 0. The molecule has 1 aliphatic rings. The van der Waals surface area contributed by atoms with Gasteiger partial charge in [0.15, 0.2) is 5.96 Å². The number of aliphatic imine (C=N–C) groups is 1. The predicted octanol–water partition coefficient (Wildman–Crippen LogP) is 3.62. The molecule has 0 aromatic heterocycles. The van der Waals surface area contributed by atoms with E-state index in [2.05, 4.69) is 15.6 Å². The van der Waals surface area contributed by atoms with Crippen LogP contribution < -0.4 is 10.6 Å². The number of nitrogens with one attached hydrogen (secondary N) is 2. The predicted molar refractivity (Wildman–Crippen MR) is 108 cm³/mol. The normalized spacial score (nSPS) is 13.7. The lowest BCUT2D eigenvalue weighted by molar-refractivity contribution is -0.134. The van der Waals surface area contributed by atoms with Crippen molar-refractivity contribution in [1.29, 1.82) is 0 Å². The van der Waals surface area contributed by atoms with Crippen molar-refractivity contribution in [2.75, 3.05) is 13.1 Å². The van der Waals surface area contributed by atoms with Gasteiger partial charge in [0.25, 0.3) is 5.97 Å². The highest BCUT2D eigenvalue weighted by Crippen LogP contribution is 2.31. The minimum atomic E-state index is -0.833. The summed E-state index contributed by atoms with van der Waals surface area (Å²) in [4.78, 5) is 13.4. The second-order valence-corrected chi connectivity index (χ2v) is 6.67. The third-order valence-electron chi connectivity index (χ3n) is 3.72. The Balaban J connectivity index is 0.000000596. The zero-order chi connectivity index (χ0) is 19.8. The molecule has 1 heterocycles. The smallest absolute Gasteiger partial charge is 0.300 e. The minimum absolute atomic E-state index is 0.0740. The van der Waals surface area contributed by atoms with Crippen molar-refractivity contribution in [3.8, 4) is 5.75 Å². The van der Waals surface area contributed by atoms with Crippen molar-refractivity contribution in [3.05, 3.63) is 63.6 Å². The first kappa shape index (κ1) is 20.9. The number of aliphatic carboxylic acids is 1. The number of guanidine groups is 1. The molecule has 2 aromatic rings. The Bertz CT molecular complexity index is 806. The van der Waals surface area contributed by atoms with E-state index in [1.807, 2.05) is 24.3 Å².